The van der Waals surface area contributed by atoms with Gasteiger partial charge in [0.1, 0.15) is 6.23 Å². The number of thiophene rings is 1. The minimum absolute atomic E-state index is 0.259. The number of aromatic nitrogens is 4. The summed E-state index contributed by atoms with van der Waals surface area (Å²) in [6.45, 7) is 0.584. The van der Waals surface area contributed by atoms with Gasteiger partial charge in [0.15, 0.2) is 28.9 Å². The van der Waals surface area contributed by atoms with Gasteiger partial charge in [0.2, 0.25) is 0 Å². The molecular weight excluding hydrogens is 428 g/mol. The molecule has 164 valence electrons. The standard InChI is InChI=1S/C22H22N6O3S/c1-23-22(30)18-14(29)10-16(31-18)28-12-25-17-20(24-11-13-6-3-2-4-7-13)26-19(27-21(17)28)15-8-5-9-32-15/h2-9,12,14,16,18,29H,10-11H2,1H3,(H,23,30)(H,24,26,27)/t14-,16+,18-/m0/s1. The van der Waals surface area contributed by atoms with Crippen LogP contribution in [0.2, 0.25) is 0 Å². The molecule has 3 aromatic heterocycles. The lowest BCUT2D eigenvalue weighted by atomic mass is 10.1. The molecule has 9 nitrogen and oxygen atoms in total. The molecule has 1 aromatic carbocycles. The molecule has 5 rings (SSSR count). The first kappa shape index (κ1) is 20.6. The predicted octanol–water partition coefficient (Wildman–Crippen LogP) is 2.56. The van der Waals surface area contributed by atoms with Gasteiger partial charge in [-0.2, -0.15) is 0 Å². The number of aliphatic hydroxyl groups is 1. The van der Waals surface area contributed by atoms with Crippen LogP contribution in [-0.2, 0) is 16.1 Å². The van der Waals surface area contributed by atoms with Crippen LogP contribution in [0.1, 0.15) is 18.2 Å². The van der Waals surface area contributed by atoms with E-state index in [9.17, 15) is 9.90 Å². The number of hydrogen-bond donors (Lipinski definition) is 3. The number of benzene rings is 1. The normalized spacial score (nSPS) is 20.5. The van der Waals surface area contributed by atoms with Gasteiger partial charge in [0.05, 0.1) is 17.3 Å². The van der Waals surface area contributed by atoms with Crippen molar-refractivity contribution in [3.63, 3.8) is 0 Å². The van der Waals surface area contributed by atoms with Crippen molar-refractivity contribution in [1.29, 1.82) is 0 Å². The molecule has 1 amide bonds. The van der Waals surface area contributed by atoms with Crippen LogP contribution in [0.3, 0.4) is 0 Å². The van der Waals surface area contributed by atoms with Crippen LogP contribution < -0.4 is 10.6 Å². The van der Waals surface area contributed by atoms with E-state index in [1.165, 1.54) is 7.05 Å². The molecule has 1 fully saturated rings. The minimum Gasteiger partial charge on any atom is -0.390 e. The fourth-order valence-electron chi connectivity index (χ4n) is 3.75. The van der Waals surface area contributed by atoms with E-state index in [0.29, 0.717) is 29.4 Å². The lowest BCUT2D eigenvalue weighted by Gasteiger charge is -2.15. The molecule has 3 atom stereocenters. The summed E-state index contributed by atoms with van der Waals surface area (Å²) >= 11 is 1.55. The van der Waals surface area contributed by atoms with Crippen molar-refractivity contribution in [3.8, 4) is 10.7 Å². The van der Waals surface area contributed by atoms with Gasteiger partial charge in [-0.15, -0.1) is 11.3 Å². The van der Waals surface area contributed by atoms with Crippen LogP contribution in [0.4, 0.5) is 5.82 Å². The molecule has 0 unspecified atom stereocenters. The van der Waals surface area contributed by atoms with Crippen LogP contribution in [0.25, 0.3) is 21.9 Å². The lowest BCUT2D eigenvalue weighted by molar-refractivity contribution is -0.137. The Labute approximate surface area is 188 Å². The second kappa shape index (κ2) is 8.65. The van der Waals surface area contributed by atoms with Gasteiger partial charge in [0, 0.05) is 20.0 Å². The maximum Gasteiger partial charge on any atom is 0.251 e. The largest absolute Gasteiger partial charge is 0.390 e. The Morgan fingerprint density at radius 2 is 2.09 bits per heavy atom. The third kappa shape index (κ3) is 3.83. The number of hydrogen-bond acceptors (Lipinski definition) is 8. The molecule has 10 heteroatoms. The number of likely N-dealkylation sites (N-methyl/N-ethyl adjacent to an activating group) is 1. The highest BCUT2D eigenvalue weighted by Gasteiger charge is 2.40. The monoisotopic (exact) mass is 450 g/mol. The minimum atomic E-state index is -0.934. The summed E-state index contributed by atoms with van der Waals surface area (Å²) in [5.41, 5.74) is 2.29. The predicted molar refractivity (Wildman–Crippen MR) is 121 cm³/mol. The van der Waals surface area contributed by atoms with E-state index in [-0.39, 0.29) is 12.3 Å². The third-order valence-corrected chi connectivity index (χ3v) is 6.24. The van der Waals surface area contributed by atoms with Crippen molar-refractivity contribution < 1.29 is 14.6 Å². The van der Waals surface area contributed by atoms with Crippen molar-refractivity contribution in [2.24, 2.45) is 0 Å². The number of carbonyl (C=O) groups is 1. The number of amides is 1. The Morgan fingerprint density at radius 1 is 1.25 bits per heavy atom. The summed E-state index contributed by atoms with van der Waals surface area (Å²) in [5.74, 6) is 0.831. The number of imidazole rings is 1. The summed E-state index contributed by atoms with van der Waals surface area (Å²) in [4.78, 5) is 27.0. The zero-order valence-electron chi connectivity index (χ0n) is 17.3. The van der Waals surface area contributed by atoms with Gasteiger partial charge >= 0.3 is 0 Å². The number of fused-ring (bicyclic) bond motifs is 1. The maximum absolute atomic E-state index is 12.0. The van der Waals surface area contributed by atoms with E-state index in [1.54, 1.807) is 22.2 Å². The van der Waals surface area contributed by atoms with Crippen LogP contribution in [0.15, 0.2) is 54.2 Å². The van der Waals surface area contributed by atoms with Crippen molar-refractivity contribution in [2.75, 3.05) is 12.4 Å². The number of nitrogens with one attached hydrogen (secondary N) is 2. The van der Waals surface area contributed by atoms with Crippen LogP contribution in [0.5, 0.6) is 0 Å². The Kier molecular flexibility index (Phi) is 5.56. The molecule has 32 heavy (non-hydrogen) atoms. The molecule has 4 heterocycles. The average Bonchev–Trinajstić information content (AvgIpc) is 3.57. The molecule has 0 radical (unpaired) electrons. The Hall–Kier alpha value is -3.34. The third-order valence-electron chi connectivity index (χ3n) is 5.38. The van der Waals surface area contributed by atoms with Gasteiger partial charge < -0.3 is 20.5 Å². The zero-order valence-corrected chi connectivity index (χ0v) is 18.1. The van der Waals surface area contributed by atoms with E-state index in [4.69, 9.17) is 14.7 Å². The second-order valence-corrected chi connectivity index (χ2v) is 8.41. The SMILES string of the molecule is CNC(=O)[C@H]1O[C@@H](n2cnc3c(NCc4ccccc4)nc(-c4cccs4)nc32)C[C@@H]1O. The van der Waals surface area contributed by atoms with E-state index in [1.807, 2.05) is 47.8 Å². The number of rotatable bonds is 6. The Bertz CT molecular complexity index is 1230. The molecule has 0 saturated carbocycles. The van der Waals surface area contributed by atoms with E-state index in [2.05, 4.69) is 15.6 Å². The Morgan fingerprint density at radius 3 is 2.84 bits per heavy atom. The van der Waals surface area contributed by atoms with Gasteiger partial charge in [-0.3, -0.25) is 9.36 Å². The first-order valence-corrected chi connectivity index (χ1v) is 11.1. The maximum atomic E-state index is 12.0. The number of ether oxygens (including phenoxy) is 1. The fraction of sp³-hybridized carbons (Fsp3) is 0.273. The van der Waals surface area contributed by atoms with Gasteiger partial charge in [-0.05, 0) is 17.0 Å². The first-order chi connectivity index (χ1) is 15.6. The van der Waals surface area contributed by atoms with Gasteiger partial charge in [0.25, 0.3) is 5.91 Å². The van der Waals surface area contributed by atoms with Crippen molar-refractivity contribution in [2.45, 2.75) is 31.4 Å². The van der Waals surface area contributed by atoms with E-state index in [0.717, 1.165) is 10.4 Å². The number of aliphatic hydroxyl groups excluding tert-OH is 1. The smallest absolute Gasteiger partial charge is 0.251 e. The zero-order chi connectivity index (χ0) is 22.1. The fourth-order valence-corrected chi connectivity index (χ4v) is 4.41. The number of nitrogens with zero attached hydrogens (tertiary/aromatic N) is 4. The molecular formula is C22H22N6O3S. The molecule has 1 aliphatic heterocycles. The molecule has 4 aromatic rings. The van der Waals surface area contributed by atoms with Crippen molar-refractivity contribution >= 4 is 34.2 Å². The molecule has 0 bridgehead atoms. The van der Waals surface area contributed by atoms with Crippen molar-refractivity contribution in [3.05, 3.63) is 59.7 Å². The summed E-state index contributed by atoms with van der Waals surface area (Å²) in [6.07, 6.45) is -0.530. The topological polar surface area (TPSA) is 114 Å². The first-order valence-electron chi connectivity index (χ1n) is 10.3. The van der Waals surface area contributed by atoms with E-state index >= 15 is 0 Å². The quantitative estimate of drug-likeness (QED) is 0.414. The highest BCUT2D eigenvalue weighted by atomic mass is 32.1. The summed E-state index contributed by atoms with van der Waals surface area (Å²) in [6, 6.07) is 13.9. The second-order valence-electron chi connectivity index (χ2n) is 7.46. The summed E-state index contributed by atoms with van der Waals surface area (Å²) in [5, 5.41) is 18.2. The van der Waals surface area contributed by atoms with Crippen molar-refractivity contribution in [1.82, 2.24) is 24.8 Å². The lowest BCUT2D eigenvalue weighted by Crippen LogP contribution is -2.38. The molecule has 0 aliphatic carbocycles. The van der Waals surface area contributed by atoms with E-state index < -0.39 is 18.4 Å². The molecule has 1 aliphatic rings. The summed E-state index contributed by atoms with van der Waals surface area (Å²) < 4.78 is 7.62. The molecule has 0 spiro atoms. The van der Waals surface area contributed by atoms with Gasteiger partial charge in [-0.1, -0.05) is 36.4 Å². The van der Waals surface area contributed by atoms with Crippen LogP contribution in [0, 0.1) is 0 Å². The highest BCUT2D eigenvalue weighted by molar-refractivity contribution is 7.13. The molecule has 3 N–H and O–H groups in total. The number of carbonyl (C=O) groups excluding carboxylic acids is 1. The van der Waals surface area contributed by atoms with Gasteiger partial charge in [-0.25, -0.2) is 15.0 Å². The highest BCUT2D eigenvalue weighted by Crippen LogP contribution is 2.33. The average molecular weight is 451 g/mol. The Balaban J connectivity index is 1.53. The molecule has 1 saturated heterocycles. The summed E-state index contributed by atoms with van der Waals surface area (Å²) in [7, 11) is 1.52. The van der Waals surface area contributed by atoms with Crippen LogP contribution in [-0.4, -0.2) is 49.8 Å². The van der Waals surface area contributed by atoms with Crippen LogP contribution >= 0.6 is 11.3 Å². The number of anilines is 1.